The average molecular weight is 263 g/mol. The first kappa shape index (κ1) is 14.4. The summed E-state index contributed by atoms with van der Waals surface area (Å²) >= 11 is 0. The van der Waals surface area contributed by atoms with Crippen LogP contribution in [-0.2, 0) is 0 Å². The molecule has 0 bridgehead atoms. The van der Waals surface area contributed by atoms with Crippen molar-refractivity contribution < 1.29 is 0 Å². The second kappa shape index (κ2) is 7.56. The summed E-state index contributed by atoms with van der Waals surface area (Å²) in [7, 11) is 1.90. The van der Waals surface area contributed by atoms with E-state index in [1.165, 1.54) is 44.9 Å². The Morgan fingerprint density at radius 2 is 2.32 bits per heavy atom. The van der Waals surface area contributed by atoms with Crippen molar-refractivity contribution in [2.24, 2.45) is 10.9 Å². The van der Waals surface area contributed by atoms with Gasteiger partial charge < -0.3 is 10.2 Å². The number of nitrogens with one attached hydrogen (secondary N) is 1. The minimum Gasteiger partial charge on any atom is -0.356 e. The van der Waals surface area contributed by atoms with Gasteiger partial charge in [-0.1, -0.05) is 18.6 Å². The molecule has 3 heteroatoms. The third kappa shape index (κ3) is 4.55. The van der Waals surface area contributed by atoms with Gasteiger partial charge in [0.05, 0.1) is 0 Å². The average Bonchev–Trinajstić information content (AvgIpc) is 2.45. The summed E-state index contributed by atoms with van der Waals surface area (Å²) in [4.78, 5) is 6.86. The Morgan fingerprint density at radius 3 is 3.00 bits per heavy atom. The van der Waals surface area contributed by atoms with Crippen molar-refractivity contribution in [3.63, 3.8) is 0 Å². The molecule has 1 fully saturated rings. The third-order valence-corrected chi connectivity index (χ3v) is 4.28. The number of allylic oxidation sites excluding steroid dienone is 1. The van der Waals surface area contributed by atoms with Gasteiger partial charge in [0.25, 0.3) is 0 Å². The summed E-state index contributed by atoms with van der Waals surface area (Å²) in [5.74, 6) is 1.90. The van der Waals surface area contributed by atoms with E-state index < -0.39 is 0 Å². The number of nitrogens with zero attached hydrogens (tertiary/aromatic N) is 2. The molecular weight excluding hydrogens is 234 g/mol. The molecule has 1 atom stereocenters. The van der Waals surface area contributed by atoms with Gasteiger partial charge in [-0.15, -0.1) is 0 Å². The Hall–Kier alpha value is -0.990. The molecule has 0 radical (unpaired) electrons. The van der Waals surface area contributed by atoms with Crippen LogP contribution in [0.15, 0.2) is 16.6 Å². The van der Waals surface area contributed by atoms with Crippen LogP contribution >= 0.6 is 0 Å². The fraction of sp³-hybridized carbons (Fsp3) is 0.812. The van der Waals surface area contributed by atoms with Gasteiger partial charge in [0.1, 0.15) is 0 Å². The Balaban J connectivity index is 1.74. The van der Waals surface area contributed by atoms with Crippen molar-refractivity contribution in [3.8, 4) is 0 Å². The Labute approximate surface area is 118 Å². The maximum absolute atomic E-state index is 4.44. The van der Waals surface area contributed by atoms with Gasteiger partial charge in [-0.05, 0) is 50.9 Å². The lowest BCUT2D eigenvalue weighted by atomic mass is 9.97. The Bertz CT molecular complexity index is 333. The smallest absolute Gasteiger partial charge is 0.193 e. The molecule has 0 aromatic carbocycles. The Morgan fingerprint density at radius 1 is 1.42 bits per heavy atom. The molecule has 0 spiro atoms. The van der Waals surface area contributed by atoms with Crippen molar-refractivity contribution in [3.05, 3.63) is 11.6 Å². The van der Waals surface area contributed by atoms with Crippen LogP contribution in [-0.4, -0.2) is 37.5 Å². The van der Waals surface area contributed by atoms with Gasteiger partial charge in [-0.25, -0.2) is 0 Å². The molecule has 2 rings (SSSR count). The summed E-state index contributed by atoms with van der Waals surface area (Å²) in [5.41, 5.74) is 1.64. The molecule has 1 aliphatic heterocycles. The molecule has 0 aromatic rings. The first-order valence-electron chi connectivity index (χ1n) is 7.93. The summed E-state index contributed by atoms with van der Waals surface area (Å²) < 4.78 is 0. The fourth-order valence-electron chi connectivity index (χ4n) is 3.18. The van der Waals surface area contributed by atoms with E-state index in [0.717, 1.165) is 31.5 Å². The first-order chi connectivity index (χ1) is 9.29. The monoisotopic (exact) mass is 263 g/mol. The van der Waals surface area contributed by atoms with Crippen LogP contribution in [0, 0.1) is 5.92 Å². The molecule has 1 saturated heterocycles. The van der Waals surface area contributed by atoms with E-state index in [9.17, 15) is 0 Å². The predicted octanol–water partition coefficient (Wildman–Crippen LogP) is 3.18. The third-order valence-electron chi connectivity index (χ3n) is 4.28. The summed E-state index contributed by atoms with van der Waals surface area (Å²) in [6, 6.07) is 0. The largest absolute Gasteiger partial charge is 0.356 e. The van der Waals surface area contributed by atoms with E-state index in [0.29, 0.717) is 0 Å². The highest BCUT2D eigenvalue weighted by Crippen LogP contribution is 2.19. The molecule has 3 nitrogen and oxygen atoms in total. The Kier molecular flexibility index (Phi) is 5.74. The van der Waals surface area contributed by atoms with E-state index in [1.54, 1.807) is 5.57 Å². The predicted molar refractivity (Wildman–Crippen MR) is 82.5 cm³/mol. The summed E-state index contributed by atoms with van der Waals surface area (Å²) in [6.45, 7) is 5.69. The van der Waals surface area contributed by atoms with E-state index in [2.05, 4.69) is 28.2 Å². The topological polar surface area (TPSA) is 27.6 Å². The maximum atomic E-state index is 4.44. The van der Waals surface area contributed by atoms with Gasteiger partial charge in [-0.3, -0.25) is 4.99 Å². The van der Waals surface area contributed by atoms with Gasteiger partial charge >= 0.3 is 0 Å². The van der Waals surface area contributed by atoms with Gasteiger partial charge in [-0.2, -0.15) is 0 Å². The number of rotatable bonds is 3. The molecular formula is C16H29N3. The highest BCUT2D eigenvalue weighted by Gasteiger charge is 2.18. The fourth-order valence-corrected chi connectivity index (χ4v) is 3.18. The van der Waals surface area contributed by atoms with Crippen molar-refractivity contribution in [1.82, 2.24) is 10.2 Å². The summed E-state index contributed by atoms with van der Waals surface area (Å²) in [6.07, 6.45) is 11.6. The van der Waals surface area contributed by atoms with Crippen LogP contribution in [0.4, 0.5) is 0 Å². The highest BCUT2D eigenvalue weighted by molar-refractivity contribution is 5.79. The van der Waals surface area contributed by atoms with Crippen LogP contribution in [0.1, 0.15) is 51.9 Å². The normalized spacial score (nSPS) is 25.2. The molecule has 0 saturated carbocycles. The van der Waals surface area contributed by atoms with Crippen molar-refractivity contribution >= 4 is 5.96 Å². The summed E-state index contributed by atoms with van der Waals surface area (Å²) in [5, 5.41) is 3.54. The molecule has 0 amide bonds. The van der Waals surface area contributed by atoms with E-state index in [1.807, 2.05) is 7.05 Å². The lowest BCUT2D eigenvalue weighted by Crippen LogP contribution is -2.46. The first-order valence-corrected chi connectivity index (χ1v) is 7.93. The number of guanidine groups is 1. The van der Waals surface area contributed by atoms with Crippen molar-refractivity contribution in [1.29, 1.82) is 0 Å². The van der Waals surface area contributed by atoms with Crippen LogP contribution in [0.5, 0.6) is 0 Å². The minimum atomic E-state index is 0.799. The molecule has 1 aliphatic carbocycles. The second-order valence-electron chi connectivity index (χ2n) is 6.03. The van der Waals surface area contributed by atoms with E-state index in [-0.39, 0.29) is 0 Å². The molecule has 108 valence electrons. The lowest BCUT2D eigenvalue weighted by molar-refractivity contribution is 0.266. The van der Waals surface area contributed by atoms with Crippen molar-refractivity contribution in [2.45, 2.75) is 51.9 Å². The van der Waals surface area contributed by atoms with Crippen LogP contribution in [0.25, 0.3) is 0 Å². The molecule has 19 heavy (non-hydrogen) atoms. The maximum Gasteiger partial charge on any atom is 0.193 e. The van der Waals surface area contributed by atoms with E-state index in [4.69, 9.17) is 0 Å². The standard InChI is InChI=1S/C16H29N3/c1-14-7-6-12-19(13-14)16(17-2)18-11-10-15-8-4-3-5-9-15/h8,14H,3-7,9-13H2,1-2H3,(H,17,18). The molecule has 0 aromatic heterocycles. The SMILES string of the molecule is CN=C(NCCC1=CCCCC1)N1CCCC(C)C1. The second-order valence-corrected chi connectivity index (χ2v) is 6.03. The zero-order valence-electron chi connectivity index (χ0n) is 12.6. The minimum absolute atomic E-state index is 0.799. The van der Waals surface area contributed by atoms with Gasteiger partial charge in [0.2, 0.25) is 0 Å². The molecule has 1 N–H and O–H groups in total. The van der Waals surface area contributed by atoms with Crippen LogP contribution < -0.4 is 5.32 Å². The lowest BCUT2D eigenvalue weighted by Gasteiger charge is -2.33. The zero-order valence-corrected chi connectivity index (χ0v) is 12.6. The zero-order chi connectivity index (χ0) is 13.5. The molecule has 1 heterocycles. The van der Waals surface area contributed by atoms with Crippen molar-refractivity contribution in [2.75, 3.05) is 26.7 Å². The van der Waals surface area contributed by atoms with E-state index >= 15 is 0 Å². The molecule has 2 aliphatic rings. The van der Waals surface area contributed by atoms with Gasteiger partial charge in [0.15, 0.2) is 5.96 Å². The quantitative estimate of drug-likeness (QED) is 0.481. The van der Waals surface area contributed by atoms with Crippen LogP contribution in [0.2, 0.25) is 0 Å². The van der Waals surface area contributed by atoms with Crippen LogP contribution in [0.3, 0.4) is 0 Å². The number of hydrogen-bond donors (Lipinski definition) is 1. The van der Waals surface area contributed by atoms with Gasteiger partial charge in [0, 0.05) is 26.7 Å². The number of piperidine rings is 1. The number of hydrogen-bond acceptors (Lipinski definition) is 1. The highest BCUT2D eigenvalue weighted by atomic mass is 15.3. The number of likely N-dealkylation sites (tertiary alicyclic amines) is 1. The molecule has 1 unspecified atom stereocenters. The number of aliphatic imine (C=N–C) groups is 1.